The van der Waals surface area contributed by atoms with Crippen molar-refractivity contribution in [3.63, 3.8) is 0 Å². The van der Waals surface area contributed by atoms with E-state index >= 15 is 0 Å². The summed E-state index contributed by atoms with van der Waals surface area (Å²) < 4.78 is 39.0. The van der Waals surface area contributed by atoms with Crippen LogP contribution in [-0.4, -0.2) is 15.7 Å². The number of amides is 1. The first-order valence-corrected chi connectivity index (χ1v) is 8.65. The smallest absolute Gasteiger partial charge is 0.366 e. The first kappa shape index (κ1) is 16.5. The minimum absolute atomic E-state index is 0.129. The Labute approximate surface area is 130 Å². The molecule has 1 aromatic heterocycles. The maximum atomic E-state index is 13.9. The number of primary amides is 1. The zero-order valence-electron chi connectivity index (χ0n) is 10.4. The molecule has 4 N–H and O–H groups in total. The lowest BCUT2D eigenvalue weighted by molar-refractivity contribution is 0.0595. The first-order valence-electron chi connectivity index (χ1n) is 5.43. The highest BCUT2D eigenvalue weighted by molar-refractivity contribution is 9.10. The van der Waals surface area contributed by atoms with Gasteiger partial charge in [0.15, 0.2) is 0 Å². The summed E-state index contributed by atoms with van der Waals surface area (Å²) in [5.74, 6) is -0.721. The Balaban J connectivity index is 2.81. The molecule has 114 valence electrons. The quantitative estimate of drug-likeness (QED) is 0.689. The van der Waals surface area contributed by atoms with Crippen LogP contribution >= 0.6 is 34.9 Å². The number of fused-ring (bicyclic) bond motifs is 1. The number of carbonyl (C=O) groups excluding carboxylic acids is 1. The summed E-state index contributed by atoms with van der Waals surface area (Å²) in [5.41, 5.74) is 1.49. The number of hydrogen-bond donors (Lipinski definition) is 3. The van der Waals surface area contributed by atoms with Crippen molar-refractivity contribution >= 4 is 50.9 Å². The topological polar surface area (TPSA) is 101 Å². The van der Waals surface area contributed by atoms with Gasteiger partial charge in [0.05, 0.1) is 0 Å². The van der Waals surface area contributed by atoms with E-state index in [-0.39, 0.29) is 15.4 Å². The van der Waals surface area contributed by atoms with Gasteiger partial charge in [0, 0.05) is 20.1 Å². The van der Waals surface area contributed by atoms with Gasteiger partial charge in [0.2, 0.25) is 5.91 Å². The molecule has 0 aliphatic rings. The summed E-state index contributed by atoms with van der Waals surface area (Å²) in [6, 6.07) is 2.75. The average Bonchev–Trinajstić information content (AvgIpc) is 2.66. The van der Waals surface area contributed by atoms with E-state index in [1.165, 1.54) is 12.1 Å². The molecule has 0 aliphatic carbocycles. The molecule has 1 amide bonds. The van der Waals surface area contributed by atoms with Gasteiger partial charge in [-0.05, 0) is 40.5 Å². The van der Waals surface area contributed by atoms with Gasteiger partial charge in [-0.2, -0.15) is 8.78 Å². The second kappa shape index (κ2) is 5.10. The number of hydrogen-bond acceptors (Lipinski definition) is 3. The van der Waals surface area contributed by atoms with Crippen molar-refractivity contribution < 1.29 is 27.9 Å². The highest BCUT2D eigenvalue weighted by Gasteiger charge is 2.53. The molecule has 10 heteroatoms. The van der Waals surface area contributed by atoms with Crippen LogP contribution in [0.3, 0.4) is 0 Å². The monoisotopic (exact) mass is 399 g/mol. The van der Waals surface area contributed by atoms with Crippen LogP contribution in [0.5, 0.6) is 0 Å². The molecular weight excluding hydrogens is 391 g/mol. The van der Waals surface area contributed by atoms with Crippen molar-refractivity contribution in [2.45, 2.75) is 12.6 Å². The van der Waals surface area contributed by atoms with E-state index in [1.807, 2.05) is 0 Å². The highest BCUT2D eigenvalue weighted by Crippen LogP contribution is 2.63. The molecule has 1 aromatic carbocycles. The molecule has 2 aromatic rings. The van der Waals surface area contributed by atoms with Crippen molar-refractivity contribution in [1.82, 2.24) is 0 Å². The molecule has 0 radical (unpaired) electrons. The van der Waals surface area contributed by atoms with Crippen LogP contribution in [0.15, 0.2) is 16.6 Å². The van der Waals surface area contributed by atoms with E-state index in [0.717, 1.165) is 0 Å². The summed E-state index contributed by atoms with van der Waals surface area (Å²) in [7, 11) is -5.66. The Bertz CT molecular complexity index is 801. The molecule has 0 saturated carbocycles. The van der Waals surface area contributed by atoms with Crippen LogP contribution in [-0.2, 0) is 10.2 Å². The number of thiophene rings is 1. The van der Waals surface area contributed by atoms with Gasteiger partial charge in [-0.15, -0.1) is 11.3 Å². The predicted octanol–water partition coefficient (Wildman–Crippen LogP) is 3.30. The molecule has 0 aliphatic heterocycles. The number of rotatable bonds is 3. The molecule has 0 atom stereocenters. The third kappa shape index (κ3) is 2.64. The van der Waals surface area contributed by atoms with E-state index in [9.17, 15) is 18.1 Å². The van der Waals surface area contributed by atoms with Crippen LogP contribution in [0.1, 0.15) is 20.8 Å². The number of alkyl halides is 2. The lowest BCUT2D eigenvalue weighted by atomic mass is 10.1. The molecule has 5 nitrogen and oxygen atoms in total. The summed E-state index contributed by atoms with van der Waals surface area (Å²) in [6.07, 6.45) is 0. The van der Waals surface area contributed by atoms with Crippen molar-refractivity contribution in [3.8, 4) is 0 Å². The van der Waals surface area contributed by atoms with Crippen molar-refractivity contribution in [3.05, 3.63) is 32.6 Å². The third-order valence-corrected chi connectivity index (χ3v) is 6.44. The highest BCUT2D eigenvalue weighted by atomic mass is 79.9. The Morgan fingerprint density at radius 2 is 2.00 bits per heavy atom. The van der Waals surface area contributed by atoms with E-state index in [0.29, 0.717) is 21.6 Å². The average molecular weight is 400 g/mol. The standard InChI is InChI=1S/C11H9BrF2NO4PS/c1-4-2-5(10(15)16)3-6-7(12)9(21-8(4)6)11(13,14)20(17,18)19/h2-3H,1H3,(H2,15,16)(H2,17,18,19). The molecule has 1 heterocycles. The summed E-state index contributed by atoms with van der Waals surface area (Å²) in [4.78, 5) is 28.1. The molecule has 2 rings (SSSR count). The van der Waals surface area contributed by atoms with Crippen LogP contribution in [0, 0.1) is 6.92 Å². The molecule has 0 bridgehead atoms. The zero-order chi connectivity index (χ0) is 16.2. The third-order valence-electron chi connectivity index (χ3n) is 2.84. The lowest BCUT2D eigenvalue weighted by Crippen LogP contribution is -2.12. The van der Waals surface area contributed by atoms with Gasteiger partial charge in [-0.3, -0.25) is 9.36 Å². The van der Waals surface area contributed by atoms with E-state index in [1.54, 1.807) is 6.92 Å². The minimum atomic E-state index is -5.66. The van der Waals surface area contributed by atoms with Gasteiger partial charge in [-0.1, -0.05) is 0 Å². The lowest BCUT2D eigenvalue weighted by Gasteiger charge is -2.16. The fourth-order valence-corrected chi connectivity index (χ4v) is 4.79. The van der Waals surface area contributed by atoms with Crippen LogP contribution < -0.4 is 5.73 Å². The van der Waals surface area contributed by atoms with Gasteiger partial charge < -0.3 is 15.5 Å². The molecule has 0 fully saturated rings. The molecular formula is C11H9BrF2NO4PS. The molecule has 0 unspecified atom stereocenters. The Morgan fingerprint density at radius 1 is 1.43 bits per heavy atom. The van der Waals surface area contributed by atoms with Crippen molar-refractivity contribution in [2.24, 2.45) is 5.73 Å². The minimum Gasteiger partial charge on any atom is -0.366 e. The molecule has 21 heavy (non-hydrogen) atoms. The van der Waals surface area contributed by atoms with Gasteiger partial charge >= 0.3 is 13.3 Å². The fraction of sp³-hybridized carbons (Fsp3) is 0.182. The summed E-state index contributed by atoms with van der Waals surface area (Å²) in [6.45, 7) is 1.59. The first-order chi connectivity index (χ1) is 9.46. The van der Waals surface area contributed by atoms with Crippen LogP contribution in [0.25, 0.3) is 10.1 Å². The van der Waals surface area contributed by atoms with Crippen LogP contribution in [0.2, 0.25) is 0 Å². The Kier molecular flexibility index (Phi) is 4.01. The number of halogens is 3. The number of carbonyl (C=O) groups is 1. The number of nitrogens with two attached hydrogens (primary N) is 1. The molecule has 0 spiro atoms. The number of benzene rings is 1. The van der Waals surface area contributed by atoms with E-state index in [4.69, 9.17) is 15.5 Å². The Morgan fingerprint density at radius 3 is 2.48 bits per heavy atom. The van der Waals surface area contributed by atoms with E-state index < -0.39 is 24.0 Å². The number of aryl methyl sites for hydroxylation is 1. The molecule has 0 saturated heterocycles. The van der Waals surface area contributed by atoms with Crippen molar-refractivity contribution in [2.75, 3.05) is 0 Å². The maximum Gasteiger partial charge on any atom is 0.400 e. The van der Waals surface area contributed by atoms with E-state index in [2.05, 4.69) is 15.9 Å². The fourth-order valence-electron chi connectivity index (χ4n) is 1.81. The Hall–Kier alpha value is -0.860. The zero-order valence-corrected chi connectivity index (χ0v) is 13.7. The summed E-state index contributed by atoms with van der Waals surface area (Å²) in [5, 5.41) is 0.261. The normalized spacial score (nSPS) is 12.9. The SMILES string of the molecule is Cc1cc(C(N)=O)cc2c(Br)c(C(F)(F)P(=O)(O)O)sc12. The van der Waals surface area contributed by atoms with Crippen LogP contribution in [0.4, 0.5) is 8.78 Å². The second-order valence-corrected chi connectivity index (χ2v) is 7.83. The summed E-state index contributed by atoms with van der Waals surface area (Å²) >= 11 is 3.50. The predicted molar refractivity (Wildman–Crippen MR) is 78.7 cm³/mol. The van der Waals surface area contributed by atoms with Gasteiger partial charge in [0.1, 0.15) is 4.88 Å². The van der Waals surface area contributed by atoms with Gasteiger partial charge in [-0.25, -0.2) is 0 Å². The largest absolute Gasteiger partial charge is 0.400 e. The second-order valence-electron chi connectivity index (χ2n) is 4.36. The van der Waals surface area contributed by atoms with Crippen molar-refractivity contribution in [1.29, 1.82) is 0 Å². The van der Waals surface area contributed by atoms with Gasteiger partial charge in [0.25, 0.3) is 0 Å². The maximum absolute atomic E-state index is 13.9.